The van der Waals surface area contributed by atoms with E-state index in [1.807, 2.05) is 42.0 Å². The molecule has 0 radical (unpaired) electrons. The Balaban J connectivity index is 2.26. The molecule has 0 aliphatic rings. The molecule has 6 heteroatoms. The van der Waals surface area contributed by atoms with Gasteiger partial charge in [0.05, 0.1) is 17.3 Å². The van der Waals surface area contributed by atoms with Crippen molar-refractivity contribution >= 4 is 34.6 Å². The van der Waals surface area contributed by atoms with E-state index in [4.69, 9.17) is 10.8 Å². The van der Waals surface area contributed by atoms with Crippen LogP contribution >= 0.6 is 23.1 Å². The van der Waals surface area contributed by atoms with Gasteiger partial charge in [-0.3, -0.25) is 5.32 Å². The molecule has 0 spiro atoms. The average molecular weight is 307 g/mol. The summed E-state index contributed by atoms with van der Waals surface area (Å²) in [6.07, 6.45) is 2.03. The lowest BCUT2D eigenvalue weighted by Crippen LogP contribution is -2.14. The van der Waals surface area contributed by atoms with Crippen LogP contribution in [0.3, 0.4) is 0 Å². The highest BCUT2D eigenvalue weighted by Gasteiger charge is 2.04. The lowest BCUT2D eigenvalue weighted by atomic mass is 10.2. The van der Waals surface area contributed by atoms with Crippen LogP contribution in [-0.2, 0) is 6.54 Å². The smallest absolute Gasteiger partial charge is 0.141 e. The van der Waals surface area contributed by atoms with E-state index in [0.717, 1.165) is 16.1 Å². The van der Waals surface area contributed by atoms with E-state index in [9.17, 15) is 0 Å². The maximum absolute atomic E-state index is 8.87. The fourth-order valence-corrected chi connectivity index (χ4v) is 3.01. The van der Waals surface area contributed by atoms with Crippen LogP contribution in [-0.4, -0.2) is 23.9 Å². The number of nitrogens with one attached hydrogen (secondary N) is 1. The van der Waals surface area contributed by atoms with Crippen molar-refractivity contribution in [1.82, 2.24) is 5.32 Å². The van der Waals surface area contributed by atoms with E-state index in [1.165, 1.54) is 4.90 Å². The third kappa shape index (κ3) is 3.83. The van der Waals surface area contributed by atoms with Gasteiger partial charge in [0.2, 0.25) is 0 Å². The van der Waals surface area contributed by atoms with Crippen LogP contribution in [0.25, 0.3) is 0 Å². The predicted molar refractivity (Wildman–Crippen MR) is 86.9 cm³/mol. The Hall–Kier alpha value is -1.34. The summed E-state index contributed by atoms with van der Waals surface area (Å²) in [7, 11) is 0. The number of thioether (sulfide) groups is 1. The second-order valence-electron chi connectivity index (χ2n) is 4.06. The lowest BCUT2D eigenvalue weighted by molar-refractivity contribution is 0.259. The van der Waals surface area contributed by atoms with Crippen molar-refractivity contribution in [2.45, 2.75) is 11.4 Å². The first kappa shape index (κ1) is 15.1. The molecular formula is C14H17N3OS2. The van der Waals surface area contributed by atoms with Crippen molar-refractivity contribution in [3.05, 3.63) is 46.2 Å². The Morgan fingerprint density at radius 3 is 2.95 bits per heavy atom. The van der Waals surface area contributed by atoms with Gasteiger partial charge in [-0.25, -0.2) is 4.99 Å². The van der Waals surface area contributed by atoms with Crippen LogP contribution in [0.5, 0.6) is 0 Å². The molecule has 0 fully saturated rings. The van der Waals surface area contributed by atoms with Crippen LogP contribution in [0.15, 0.2) is 45.6 Å². The van der Waals surface area contributed by atoms with Gasteiger partial charge >= 0.3 is 0 Å². The minimum absolute atomic E-state index is 0.0430. The molecule has 0 atom stereocenters. The monoisotopic (exact) mass is 307 g/mol. The van der Waals surface area contributed by atoms with Crippen molar-refractivity contribution in [2.24, 2.45) is 10.7 Å². The summed E-state index contributed by atoms with van der Waals surface area (Å²) in [6.45, 7) is 0.563. The van der Waals surface area contributed by atoms with E-state index in [1.54, 1.807) is 23.1 Å². The fraction of sp³-hybridized carbons (Fsp3) is 0.214. The Morgan fingerprint density at radius 1 is 1.45 bits per heavy atom. The number of rotatable bonds is 6. The minimum Gasteiger partial charge on any atom is -0.383 e. The molecule has 20 heavy (non-hydrogen) atoms. The molecule has 0 aliphatic heterocycles. The van der Waals surface area contributed by atoms with Gasteiger partial charge in [0, 0.05) is 11.4 Å². The molecule has 4 nitrogen and oxygen atoms in total. The number of aliphatic hydroxyl groups is 1. The van der Waals surface area contributed by atoms with Gasteiger partial charge in [0.25, 0.3) is 0 Å². The Kier molecular flexibility index (Phi) is 5.60. The van der Waals surface area contributed by atoms with Crippen LogP contribution in [0.1, 0.15) is 10.4 Å². The topological polar surface area (TPSA) is 70.6 Å². The number of nitrogens with zero attached hydrogens (tertiary/aromatic N) is 1. The first-order chi connectivity index (χ1) is 9.74. The molecule has 1 heterocycles. The van der Waals surface area contributed by atoms with Gasteiger partial charge in [0.15, 0.2) is 0 Å². The number of hydrogen-bond donors (Lipinski definition) is 3. The first-order valence-corrected chi connectivity index (χ1v) is 8.21. The summed E-state index contributed by atoms with van der Waals surface area (Å²) in [5.74, 6) is 0.526. The summed E-state index contributed by atoms with van der Waals surface area (Å²) in [6, 6.07) is 9.88. The summed E-state index contributed by atoms with van der Waals surface area (Å²) in [5, 5.41) is 13.8. The number of thiophene rings is 1. The van der Waals surface area contributed by atoms with E-state index < -0.39 is 0 Å². The fourth-order valence-electron chi connectivity index (χ4n) is 1.78. The first-order valence-electron chi connectivity index (χ1n) is 6.11. The highest BCUT2D eigenvalue weighted by atomic mass is 32.2. The minimum atomic E-state index is -0.0430. The zero-order valence-corrected chi connectivity index (χ0v) is 12.8. The van der Waals surface area contributed by atoms with E-state index >= 15 is 0 Å². The SMILES string of the molecule is CSc1ccc(N=C(N)c2cccs2)cc1CNCO. The molecule has 0 saturated carbocycles. The van der Waals surface area contributed by atoms with Gasteiger partial charge < -0.3 is 10.8 Å². The highest BCUT2D eigenvalue weighted by molar-refractivity contribution is 7.98. The standard InChI is InChI=1S/C14H17N3OS2/c1-19-12-5-4-11(7-10(12)8-16-9-18)17-14(15)13-3-2-6-20-13/h2-7,16,18H,8-9H2,1H3,(H2,15,17). The van der Waals surface area contributed by atoms with Crippen LogP contribution < -0.4 is 11.1 Å². The van der Waals surface area contributed by atoms with Crippen LogP contribution in [0.2, 0.25) is 0 Å². The maximum Gasteiger partial charge on any atom is 0.141 e. The third-order valence-electron chi connectivity index (χ3n) is 2.71. The van der Waals surface area contributed by atoms with Crippen LogP contribution in [0.4, 0.5) is 5.69 Å². The van der Waals surface area contributed by atoms with Gasteiger partial charge in [-0.2, -0.15) is 0 Å². The predicted octanol–water partition coefficient (Wildman–Crippen LogP) is 2.55. The molecule has 4 N–H and O–H groups in total. The Morgan fingerprint density at radius 2 is 2.30 bits per heavy atom. The molecule has 0 amide bonds. The molecule has 0 bridgehead atoms. The molecule has 2 aromatic rings. The van der Waals surface area contributed by atoms with E-state index in [2.05, 4.69) is 10.3 Å². The summed E-state index contributed by atoms with van der Waals surface area (Å²) < 4.78 is 0. The van der Waals surface area contributed by atoms with Crippen molar-refractivity contribution in [3.8, 4) is 0 Å². The summed E-state index contributed by atoms with van der Waals surface area (Å²) >= 11 is 3.24. The number of nitrogens with two attached hydrogens (primary N) is 1. The second kappa shape index (κ2) is 7.44. The summed E-state index contributed by atoms with van der Waals surface area (Å²) in [5.41, 5.74) is 7.92. The molecule has 106 valence electrons. The van der Waals surface area contributed by atoms with Gasteiger partial charge in [-0.15, -0.1) is 23.1 Å². The maximum atomic E-state index is 8.87. The Labute approximate surface area is 126 Å². The average Bonchev–Trinajstić information content (AvgIpc) is 2.99. The van der Waals surface area contributed by atoms with Gasteiger partial charge in [-0.1, -0.05) is 6.07 Å². The molecule has 0 unspecified atom stereocenters. The zero-order chi connectivity index (χ0) is 14.4. The molecule has 0 aliphatic carbocycles. The third-order valence-corrected chi connectivity index (χ3v) is 4.44. The molecule has 2 rings (SSSR count). The summed E-state index contributed by atoms with van der Waals surface area (Å²) in [4.78, 5) is 6.58. The largest absolute Gasteiger partial charge is 0.383 e. The molecular weight excluding hydrogens is 290 g/mol. The van der Waals surface area contributed by atoms with E-state index in [-0.39, 0.29) is 6.73 Å². The highest BCUT2D eigenvalue weighted by Crippen LogP contribution is 2.25. The lowest BCUT2D eigenvalue weighted by Gasteiger charge is -2.09. The molecule has 1 aromatic heterocycles. The van der Waals surface area contributed by atoms with E-state index in [0.29, 0.717) is 12.4 Å². The molecule has 0 saturated heterocycles. The Bertz CT molecular complexity index is 582. The number of benzene rings is 1. The molecule has 1 aromatic carbocycles. The van der Waals surface area contributed by atoms with Crippen molar-refractivity contribution in [2.75, 3.05) is 13.0 Å². The zero-order valence-electron chi connectivity index (χ0n) is 11.2. The van der Waals surface area contributed by atoms with Crippen molar-refractivity contribution < 1.29 is 5.11 Å². The van der Waals surface area contributed by atoms with Gasteiger partial charge in [-0.05, 0) is 41.5 Å². The normalized spacial score (nSPS) is 11.8. The number of amidine groups is 1. The van der Waals surface area contributed by atoms with Gasteiger partial charge in [0.1, 0.15) is 5.84 Å². The van der Waals surface area contributed by atoms with Crippen molar-refractivity contribution in [3.63, 3.8) is 0 Å². The quantitative estimate of drug-likeness (QED) is 0.332. The second-order valence-corrected chi connectivity index (χ2v) is 5.85. The van der Waals surface area contributed by atoms with Crippen molar-refractivity contribution in [1.29, 1.82) is 0 Å². The number of aliphatic imine (C=N–C) groups is 1. The number of hydrogen-bond acceptors (Lipinski definition) is 5. The van der Waals surface area contributed by atoms with Crippen LogP contribution in [0, 0.1) is 0 Å². The number of aliphatic hydroxyl groups excluding tert-OH is 1.